The lowest BCUT2D eigenvalue weighted by Gasteiger charge is -2.26. The number of nitrogens with zero attached hydrogens (tertiary/aromatic N) is 1. The molecule has 8 atom stereocenters. The van der Waals surface area contributed by atoms with E-state index in [4.69, 9.17) is 4.74 Å². The molecule has 0 radical (unpaired) electrons. The van der Waals surface area contributed by atoms with Crippen molar-refractivity contribution in [2.75, 3.05) is 7.05 Å². The average Bonchev–Trinajstić information content (AvgIpc) is 3.75. The zero-order valence-electron chi connectivity index (χ0n) is 27.6. The van der Waals surface area contributed by atoms with Crippen LogP contribution in [0, 0.1) is 0 Å². The van der Waals surface area contributed by atoms with Crippen LogP contribution in [0.2, 0.25) is 0 Å². The van der Waals surface area contributed by atoms with Crippen LogP contribution in [0.4, 0.5) is 0 Å². The van der Waals surface area contributed by atoms with Crippen molar-refractivity contribution in [1.82, 2.24) is 4.90 Å². The van der Waals surface area contributed by atoms with E-state index < -0.39 is 31.7 Å². The monoisotopic (exact) mass is 665 g/mol. The number of carbonyl (C=O) groups is 4. The zero-order valence-corrected chi connectivity index (χ0v) is 31.1. The molecule has 6 nitrogen and oxygen atoms in total. The van der Waals surface area contributed by atoms with Gasteiger partial charge < -0.3 is 4.74 Å². The van der Waals surface area contributed by atoms with Crippen molar-refractivity contribution in [3.63, 3.8) is 0 Å². The van der Waals surface area contributed by atoms with Gasteiger partial charge in [-0.1, -0.05) is 87.1 Å². The minimum atomic E-state index is -0.528. The molecular formula is C33H51NO5P4. The largest absolute Gasteiger partial charge is 0.386 e. The predicted octanol–water partition coefficient (Wildman–Crippen LogP) is 8.69. The van der Waals surface area contributed by atoms with Crippen molar-refractivity contribution in [2.45, 2.75) is 152 Å². The number of hydrogen-bond donors (Lipinski definition) is 0. The normalized spacial score (nSPS) is 38.3. The number of likely N-dealkylation sites (N-methyl/N-ethyl adjacent to an activating group) is 1. The van der Waals surface area contributed by atoms with Gasteiger partial charge in [-0.05, 0) is 96.6 Å². The topological polar surface area (TPSA) is 80.8 Å². The van der Waals surface area contributed by atoms with Crippen LogP contribution in [0.25, 0.3) is 0 Å². The molecule has 0 spiro atoms. The van der Waals surface area contributed by atoms with E-state index in [1.165, 1.54) is 56.3 Å². The van der Waals surface area contributed by atoms with E-state index in [0.29, 0.717) is 45.3 Å². The average molecular weight is 666 g/mol. The van der Waals surface area contributed by atoms with Crippen molar-refractivity contribution in [2.24, 2.45) is 0 Å². The highest BCUT2D eigenvalue weighted by atomic mass is 31.1. The summed E-state index contributed by atoms with van der Waals surface area (Å²) in [5.74, 6) is -0.563. The lowest BCUT2D eigenvalue weighted by Crippen LogP contribution is -2.27. The first-order chi connectivity index (χ1) is 20.3. The molecular weight excluding hydrogens is 614 g/mol. The van der Waals surface area contributed by atoms with Gasteiger partial charge in [-0.3, -0.25) is 14.5 Å². The van der Waals surface area contributed by atoms with E-state index in [1.807, 2.05) is 0 Å². The molecule has 0 aromatic heterocycles. The van der Waals surface area contributed by atoms with E-state index in [9.17, 15) is 19.2 Å². The van der Waals surface area contributed by atoms with E-state index in [-0.39, 0.29) is 23.8 Å². The number of hydrogen-bond acceptors (Lipinski definition) is 5. The summed E-state index contributed by atoms with van der Waals surface area (Å²) in [5.41, 5.74) is 4.51. The van der Waals surface area contributed by atoms with Crippen molar-refractivity contribution in [1.29, 1.82) is 0 Å². The number of ether oxygens (including phenoxy) is 1. The van der Waals surface area contributed by atoms with Gasteiger partial charge in [0.15, 0.2) is 0 Å². The third-order valence-corrected chi connectivity index (χ3v) is 24.6. The Morgan fingerprint density at radius 3 is 0.884 bits per heavy atom. The molecule has 0 aliphatic carbocycles. The van der Waals surface area contributed by atoms with Crippen molar-refractivity contribution in [3.05, 3.63) is 21.3 Å². The maximum Gasteiger partial charge on any atom is 0.347 e. The van der Waals surface area contributed by atoms with E-state index in [0.717, 1.165) is 21.3 Å². The lowest BCUT2D eigenvalue weighted by molar-refractivity contribution is -0.150. The number of carbonyl (C=O) groups excluding carboxylic acids is 4. The molecule has 0 saturated carbocycles. The van der Waals surface area contributed by atoms with Gasteiger partial charge in [0.2, 0.25) is 0 Å². The van der Waals surface area contributed by atoms with Crippen LogP contribution in [0.1, 0.15) is 107 Å². The molecule has 4 fully saturated rings. The second-order valence-electron chi connectivity index (χ2n) is 14.0. The minimum absolute atomic E-state index is 0.0283. The van der Waals surface area contributed by atoms with E-state index >= 15 is 0 Å². The van der Waals surface area contributed by atoms with Gasteiger partial charge in [-0.2, -0.15) is 0 Å². The molecule has 6 aliphatic heterocycles. The molecule has 2 amide bonds. The Labute approximate surface area is 264 Å². The molecule has 6 heterocycles. The zero-order chi connectivity index (χ0) is 31.5. The van der Waals surface area contributed by atoms with E-state index in [2.05, 4.69) is 55.4 Å². The van der Waals surface area contributed by atoms with Crippen LogP contribution < -0.4 is 0 Å². The summed E-state index contributed by atoms with van der Waals surface area (Å²) in [6.07, 6.45) is 9.52. The first kappa shape index (κ1) is 33.8. The Hall–Kier alpha value is -0.520. The molecule has 0 N–H and O–H groups in total. The Bertz CT molecular complexity index is 1120. The van der Waals surface area contributed by atoms with Gasteiger partial charge >= 0.3 is 11.9 Å². The van der Waals surface area contributed by atoms with Crippen LogP contribution >= 0.6 is 31.7 Å². The number of rotatable bonds is 4. The Morgan fingerprint density at radius 1 is 0.442 bits per heavy atom. The van der Waals surface area contributed by atoms with Gasteiger partial charge in [-0.25, -0.2) is 9.59 Å². The highest BCUT2D eigenvalue weighted by Crippen LogP contribution is 2.72. The molecule has 238 valence electrons. The van der Waals surface area contributed by atoms with Gasteiger partial charge in [0, 0.05) is 7.05 Å². The van der Waals surface area contributed by atoms with Crippen molar-refractivity contribution >= 4 is 55.4 Å². The minimum Gasteiger partial charge on any atom is -0.386 e. The van der Waals surface area contributed by atoms with Crippen molar-refractivity contribution in [3.8, 4) is 0 Å². The molecule has 0 unspecified atom stereocenters. The molecule has 6 aliphatic rings. The first-order valence-corrected chi connectivity index (χ1v) is 22.4. The second kappa shape index (κ2) is 13.3. The first-order valence-electron chi connectivity index (χ1n) is 16.5. The predicted molar refractivity (Wildman–Crippen MR) is 183 cm³/mol. The summed E-state index contributed by atoms with van der Waals surface area (Å²) < 4.78 is 5.09. The SMILES string of the molecule is C[C@@H]1CC[C@@H](C)P1C1=C(P2[C@H](C)CC[C@H]2C)C(=O)N(C)C1=O.C[C@@H]1CC[C@@H](C)P1C1=C(P2[C@H](C)CC[C@H]2C)C(=O)OC1=O. The summed E-state index contributed by atoms with van der Waals surface area (Å²) in [4.78, 5) is 51.8. The quantitative estimate of drug-likeness (QED) is 0.130. The third kappa shape index (κ3) is 6.04. The number of cyclic esters (lactones) is 2. The summed E-state index contributed by atoms with van der Waals surface area (Å²) in [6.45, 7) is 18.1. The van der Waals surface area contributed by atoms with E-state index in [1.54, 1.807) is 7.05 Å². The maximum atomic E-state index is 12.8. The summed E-state index contributed by atoms with van der Waals surface area (Å²) in [6, 6.07) is 0. The Morgan fingerprint density at radius 2 is 0.651 bits per heavy atom. The summed E-state index contributed by atoms with van der Waals surface area (Å²) >= 11 is 0. The third-order valence-electron chi connectivity index (χ3n) is 10.9. The smallest absolute Gasteiger partial charge is 0.347 e. The number of esters is 2. The molecule has 0 bridgehead atoms. The second-order valence-corrected chi connectivity index (χ2v) is 26.1. The Kier molecular flexibility index (Phi) is 10.5. The molecule has 43 heavy (non-hydrogen) atoms. The lowest BCUT2D eigenvalue weighted by atomic mass is 10.2. The van der Waals surface area contributed by atoms with Crippen LogP contribution in [0.5, 0.6) is 0 Å². The van der Waals surface area contributed by atoms with Crippen molar-refractivity contribution < 1.29 is 23.9 Å². The molecule has 10 heteroatoms. The standard InChI is InChI=1S/C17H27NO2P2.C16H24O3P2/c1-10-6-7-11(2)21(10)14-15(17(20)18(5)16(14)19)22-12(3)8-9-13(22)4;1-9-5-6-10(2)20(9)13-14(16(18)19-15(13)17)21-11(3)7-8-12(21)4/h10-13H,6-9H2,1-5H3;9-12H,5-8H2,1-4H3/t10-,11-,12-,13-;9-,10-,11-,12-/m11/s1. The van der Waals surface area contributed by atoms with Crippen LogP contribution in [0.3, 0.4) is 0 Å². The molecule has 0 aromatic rings. The highest BCUT2D eigenvalue weighted by molar-refractivity contribution is 7.70. The Balaban J connectivity index is 0.000000171. The number of imide groups is 1. The molecule has 6 rings (SSSR count). The summed E-state index contributed by atoms with van der Waals surface area (Å²) in [5, 5.41) is 3.62. The fourth-order valence-corrected chi connectivity index (χ4v) is 22.9. The fourth-order valence-electron chi connectivity index (χ4n) is 8.45. The van der Waals surface area contributed by atoms with Gasteiger partial charge in [0.25, 0.3) is 11.8 Å². The summed E-state index contributed by atoms with van der Waals surface area (Å²) in [7, 11) is -0.318. The highest BCUT2D eigenvalue weighted by Gasteiger charge is 2.50. The molecule has 0 aromatic carbocycles. The molecule has 4 saturated heterocycles. The van der Waals surface area contributed by atoms with Gasteiger partial charge in [0.1, 0.15) is 0 Å². The van der Waals surface area contributed by atoms with Gasteiger partial charge in [0.05, 0.1) is 21.3 Å². The van der Waals surface area contributed by atoms with Gasteiger partial charge in [-0.15, -0.1) is 0 Å². The fraction of sp³-hybridized carbons (Fsp3) is 0.758. The number of amides is 2. The van der Waals surface area contributed by atoms with Crippen LogP contribution in [-0.2, 0) is 23.9 Å². The van der Waals surface area contributed by atoms with Crippen LogP contribution in [-0.4, -0.2) is 81.0 Å². The van der Waals surface area contributed by atoms with Crippen LogP contribution in [0.15, 0.2) is 21.3 Å². The maximum absolute atomic E-state index is 12.8.